The molecule has 5 atom stereocenters. The van der Waals surface area contributed by atoms with Crippen LogP contribution in [-0.2, 0) is 42.9 Å². The highest BCUT2D eigenvalue weighted by molar-refractivity contribution is 6.01. The van der Waals surface area contributed by atoms with Gasteiger partial charge in [0.05, 0.1) is 19.8 Å². The van der Waals surface area contributed by atoms with Gasteiger partial charge in [-0.25, -0.2) is 19.2 Å². The van der Waals surface area contributed by atoms with Crippen LogP contribution in [0.25, 0.3) is 0 Å². The van der Waals surface area contributed by atoms with Gasteiger partial charge >= 0.3 is 30.2 Å². The van der Waals surface area contributed by atoms with Crippen molar-refractivity contribution in [3.63, 3.8) is 0 Å². The van der Waals surface area contributed by atoms with Gasteiger partial charge in [-0.2, -0.15) is 0 Å². The number of ketones is 2. The number of nitrogens with zero attached hydrogens (tertiary/aromatic N) is 3. The molecule has 1 saturated heterocycles. The maximum absolute atomic E-state index is 13.4. The number of amides is 3. The topological polar surface area (TPSA) is 201 Å². The molecule has 3 heterocycles. The summed E-state index contributed by atoms with van der Waals surface area (Å²) in [5, 5.41) is 0. The van der Waals surface area contributed by atoms with Crippen molar-refractivity contribution in [1.29, 1.82) is 0 Å². The zero-order valence-corrected chi connectivity index (χ0v) is 55.2. The number of piperidine rings is 1. The van der Waals surface area contributed by atoms with E-state index in [1.165, 1.54) is 27.2 Å². The Bertz CT molecular complexity index is 2940. The smallest absolute Gasteiger partial charge is 0.410 e. The Morgan fingerprint density at radius 1 is 0.489 bits per heavy atom. The molecule has 3 aliphatic heterocycles. The normalized spacial score (nSPS) is 16.8. The fourth-order valence-electron chi connectivity index (χ4n) is 10.2. The highest BCUT2D eigenvalue weighted by atomic mass is 16.6. The Morgan fingerprint density at radius 2 is 0.841 bits per heavy atom. The molecular formula is C72H100N4O12. The van der Waals surface area contributed by atoms with Gasteiger partial charge in [-0.15, -0.1) is 0 Å². The minimum Gasteiger partial charge on any atom is -0.465 e. The molecule has 16 heteroatoms. The van der Waals surface area contributed by atoms with Crippen LogP contribution in [0.4, 0.5) is 14.4 Å². The fraction of sp³-hybridized carbons (Fsp3) is 0.514. The van der Waals surface area contributed by atoms with Crippen LogP contribution in [0.3, 0.4) is 0 Å². The molecule has 2 N–H and O–H groups in total. The summed E-state index contributed by atoms with van der Waals surface area (Å²) in [5.41, 5.74) is 12.4. The van der Waals surface area contributed by atoms with E-state index in [0.29, 0.717) is 70.6 Å². The van der Waals surface area contributed by atoms with Crippen LogP contribution >= 0.6 is 0 Å². The summed E-state index contributed by atoms with van der Waals surface area (Å²) in [6.07, 6.45) is 2.13. The standard InChI is InChI=1S/C29H37NO3.C22H31NO4.C13H21NO5.C8H11N/c1-21(23-12-8-6-9-13-23)18-25-20-30(28(32)33-29(3,4)5)17-16-26(25)27(31)19-22(2)24-14-10-7-11-15-24;1-6-26-20(24)19-12-13-23(21(25)27-22(3,4)5)15-18(19)14-16(2)17-10-8-7-9-11-17;1-5-18-11(16)9-6-7-14(8-10(9)15)12(17)19-13(2,3)4;1-7(9)8-5-3-2-4-6-8/h6-15,21-22H,16-20H2,1-5H3;7-11,16H,6,12-15H2,1-5H3;9H,5-8H2,1-4H3;2-7H,9H2,1H3/t21-,22-;16-;;7-/m11.0/s1. The van der Waals surface area contributed by atoms with Crippen LogP contribution < -0.4 is 5.73 Å². The van der Waals surface area contributed by atoms with Crippen molar-refractivity contribution in [3.05, 3.63) is 166 Å². The largest absolute Gasteiger partial charge is 0.465 e. The molecule has 1 fully saturated rings. The first-order chi connectivity index (χ1) is 41.4. The second-order valence-corrected chi connectivity index (χ2v) is 25.8. The third-order valence-electron chi connectivity index (χ3n) is 14.7. The molecule has 1 unspecified atom stereocenters. The first-order valence-electron chi connectivity index (χ1n) is 31.1. The molecule has 4 aromatic rings. The summed E-state index contributed by atoms with van der Waals surface area (Å²) in [4.78, 5) is 91.0. The molecule has 0 bridgehead atoms. The van der Waals surface area contributed by atoms with E-state index in [2.05, 4.69) is 57.2 Å². The third-order valence-corrected chi connectivity index (χ3v) is 14.7. The quantitative estimate of drug-likeness (QED) is 0.0670. The van der Waals surface area contributed by atoms with E-state index >= 15 is 0 Å². The summed E-state index contributed by atoms with van der Waals surface area (Å²) in [7, 11) is 0. The van der Waals surface area contributed by atoms with Gasteiger partial charge in [0, 0.05) is 50.8 Å². The van der Waals surface area contributed by atoms with Crippen LogP contribution in [0.1, 0.15) is 188 Å². The molecular weight excluding hydrogens is 1110 g/mol. The Hall–Kier alpha value is -7.59. The van der Waals surface area contributed by atoms with E-state index < -0.39 is 34.8 Å². The van der Waals surface area contributed by atoms with E-state index in [1.807, 2.05) is 133 Å². The molecule has 0 saturated carbocycles. The van der Waals surface area contributed by atoms with Crippen molar-refractivity contribution in [2.45, 2.75) is 183 Å². The van der Waals surface area contributed by atoms with Crippen molar-refractivity contribution < 1.29 is 57.2 Å². The van der Waals surface area contributed by atoms with E-state index in [1.54, 1.807) is 44.4 Å². The van der Waals surface area contributed by atoms with Crippen LogP contribution in [-0.4, -0.2) is 126 Å². The van der Waals surface area contributed by atoms with E-state index in [0.717, 1.165) is 23.1 Å². The number of benzene rings is 4. The van der Waals surface area contributed by atoms with Crippen molar-refractivity contribution in [2.75, 3.05) is 52.5 Å². The first kappa shape index (κ1) is 72.9. The monoisotopic (exact) mass is 1210 g/mol. The highest BCUT2D eigenvalue weighted by Gasteiger charge is 2.37. The predicted octanol–water partition coefficient (Wildman–Crippen LogP) is 14.6. The Balaban J connectivity index is 0.000000270. The predicted molar refractivity (Wildman–Crippen MR) is 346 cm³/mol. The van der Waals surface area contributed by atoms with Crippen molar-refractivity contribution in [3.8, 4) is 0 Å². The van der Waals surface area contributed by atoms with Gasteiger partial charge in [0.1, 0.15) is 22.7 Å². The molecule has 0 spiro atoms. The Labute approximate surface area is 524 Å². The number of carbonyl (C=O) groups is 7. The average molecular weight is 1210 g/mol. The van der Waals surface area contributed by atoms with Crippen LogP contribution in [0, 0.1) is 5.92 Å². The van der Waals surface area contributed by atoms with E-state index in [9.17, 15) is 33.6 Å². The Morgan fingerprint density at radius 3 is 1.19 bits per heavy atom. The minimum atomic E-state index is -0.751. The average Bonchev–Trinajstić information content (AvgIpc) is 2.45. The minimum absolute atomic E-state index is 0.0988. The number of hydrogen-bond donors (Lipinski definition) is 1. The SMILES string of the molecule is CCOC(=O)C1=C(C[C@@H](C)c2ccccc2)CN(C(=O)OC(C)(C)C)CC1.CCOC(=O)C1CCN(C(=O)OC(C)(C)C)CC1=O.C[C@H](CC(=O)C1=C(C[C@@H](C)c2ccccc2)CN(C(=O)OC(C)(C)C)CC1)c1ccccc1.C[C@H](N)c1ccccc1. The number of likely N-dealkylation sites (tertiary alicyclic amines) is 1. The lowest BCUT2D eigenvalue weighted by atomic mass is 9.84. The van der Waals surface area contributed by atoms with Gasteiger partial charge in [0.2, 0.25) is 0 Å². The van der Waals surface area contributed by atoms with Gasteiger partial charge in [0.15, 0.2) is 11.6 Å². The van der Waals surface area contributed by atoms with Crippen molar-refractivity contribution in [2.24, 2.45) is 11.7 Å². The summed E-state index contributed by atoms with van der Waals surface area (Å²) in [6.45, 7) is 31.0. The van der Waals surface area contributed by atoms with Gasteiger partial charge < -0.3 is 44.1 Å². The number of ether oxygens (including phenoxy) is 5. The van der Waals surface area contributed by atoms with Crippen LogP contribution in [0.5, 0.6) is 0 Å². The van der Waals surface area contributed by atoms with E-state index in [4.69, 9.17) is 29.4 Å². The second kappa shape index (κ2) is 34.8. The summed E-state index contributed by atoms with van der Waals surface area (Å²) in [6, 6.07) is 40.9. The molecule has 0 radical (unpaired) electrons. The number of hydrogen-bond acceptors (Lipinski definition) is 13. The van der Waals surface area contributed by atoms with Crippen LogP contribution in [0.15, 0.2) is 144 Å². The lowest BCUT2D eigenvalue weighted by Crippen LogP contribution is -2.48. The number of rotatable bonds is 15. The number of nitrogens with two attached hydrogens (primary N) is 1. The molecule has 16 nitrogen and oxygen atoms in total. The molecule has 480 valence electrons. The molecule has 7 rings (SSSR count). The van der Waals surface area contributed by atoms with Gasteiger partial charge in [-0.05, 0) is 172 Å². The van der Waals surface area contributed by atoms with Crippen molar-refractivity contribution in [1.82, 2.24) is 14.7 Å². The Kier molecular flexibility index (Phi) is 28.8. The number of esters is 2. The van der Waals surface area contributed by atoms with Crippen LogP contribution in [0.2, 0.25) is 0 Å². The van der Waals surface area contributed by atoms with Gasteiger partial charge in [-0.1, -0.05) is 142 Å². The molecule has 3 aliphatic rings. The highest BCUT2D eigenvalue weighted by Crippen LogP contribution is 2.34. The molecule has 3 amide bonds. The van der Waals surface area contributed by atoms with Gasteiger partial charge in [0.25, 0.3) is 0 Å². The lowest BCUT2D eigenvalue weighted by Gasteiger charge is -2.33. The molecule has 0 aromatic heterocycles. The summed E-state index contributed by atoms with van der Waals surface area (Å²) in [5.74, 6) is -0.964. The zero-order valence-electron chi connectivity index (χ0n) is 55.2. The third kappa shape index (κ3) is 25.3. The molecule has 88 heavy (non-hydrogen) atoms. The first-order valence-corrected chi connectivity index (χ1v) is 31.1. The number of carbonyl (C=O) groups excluding carboxylic acids is 7. The number of Topliss-reactive ketones (excluding diaryl/α,β-unsaturated/α-hetero) is 2. The molecule has 4 aromatic carbocycles. The zero-order chi connectivity index (χ0) is 65.4. The summed E-state index contributed by atoms with van der Waals surface area (Å²) >= 11 is 0. The van der Waals surface area contributed by atoms with E-state index in [-0.39, 0.29) is 73.1 Å². The fourth-order valence-corrected chi connectivity index (χ4v) is 10.2. The lowest BCUT2D eigenvalue weighted by molar-refractivity contribution is -0.153. The van der Waals surface area contributed by atoms with Crippen molar-refractivity contribution >= 4 is 41.8 Å². The summed E-state index contributed by atoms with van der Waals surface area (Å²) < 4.78 is 26.4. The molecule has 0 aliphatic carbocycles. The maximum atomic E-state index is 13.4. The maximum Gasteiger partial charge on any atom is 0.410 e. The second-order valence-electron chi connectivity index (χ2n) is 25.8. The van der Waals surface area contributed by atoms with Gasteiger partial charge in [-0.3, -0.25) is 14.4 Å².